The molecule has 0 saturated heterocycles. The lowest BCUT2D eigenvalue weighted by Gasteiger charge is -2.09. The van der Waals surface area contributed by atoms with Crippen LogP contribution in [0.15, 0.2) is 46.2 Å². The Labute approximate surface area is 167 Å². The van der Waals surface area contributed by atoms with Gasteiger partial charge in [0.25, 0.3) is 5.69 Å². The van der Waals surface area contributed by atoms with E-state index in [1.165, 1.54) is 0 Å². The Hall–Kier alpha value is -2.77. The summed E-state index contributed by atoms with van der Waals surface area (Å²) in [6.07, 6.45) is 0. The maximum atomic E-state index is 13.8. The maximum absolute atomic E-state index is 13.8. The molecule has 156 valence electrons. The van der Waals surface area contributed by atoms with E-state index in [-0.39, 0.29) is 27.8 Å². The molecule has 0 saturated carbocycles. The number of thioether (sulfide) groups is 1. The van der Waals surface area contributed by atoms with Crippen molar-refractivity contribution < 1.29 is 36.8 Å². The van der Waals surface area contributed by atoms with E-state index in [1.54, 1.807) is 0 Å². The molecule has 0 unspecified atom stereocenters. The average Bonchev–Trinajstić information content (AvgIpc) is 2.64. The molecule has 2 aromatic carbocycles. The monoisotopic (exact) mass is 448 g/mol. The van der Waals surface area contributed by atoms with Gasteiger partial charge in [-0.05, 0) is 24.3 Å². The Morgan fingerprint density at radius 2 is 1.79 bits per heavy atom. The number of carboxylic acid groups (broad SMARTS) is 1. The van der Waals surface area contributed by atoms with Gasteiger partial charge in [-0.15, -0.1) is 11.8 Å². The van der Waals surface area contributed by atoms with E-state index in [4.69, 9.17) is 5.11 Å². The summed E-state index contributed by atoms with van der Waals surface area (Å²) in [5.41, 5.74) is -0.251. The standard InChI is InChI=1S/C16H14F2N2O7S2/c17-13-7-11(8-14(18)16(13)27-9-15(21)22)28-6-5-19-29(25,26)12-3-1-10(2-4-12)20(23)24/h1-4,7-8,19H,5-6,9H2,(H,21,22). The Bertz CT molecular complexity index is 991. The minimum Gasteiger partial charge on any atom is -0.479 e. The fourth-order valence-electron chi connectivity index (χ4n) is 2.07. The van der Waals surface area contributed by atoms with Gasteiger partial charge in [0, 0.05) is 29.3 Å². The number of carbonyl (C=O) groups is 1. The SMILES string of the molecule is O=C(O)COc1c(F)cc(SCCNS(=O)(=O)c2ccc([N+](=O)[O-])cc2)cc1F. The van der Waals surface area contributed by atoms with Gasteiger partial charge in [0.2, 0.25) is 10.0 Å². The van der Waals surface area contributed by atoms with Gasteiger partial charge < -0.3 is 9.84 Å². The second kappa shape index (κ2) is 9.62. The number of rotatable bonds is 10. The molecule has 0 aliphatic carbocycles. The third kappa shape index (κ3) is 6.37. The van der Waals surface area contributed by atoms with Crippen LogP contribution < -0.4 is 9.46 Å². The van der Waals surface area contributed by atoms with Crippen LogP contribution in [-0.2, 0) is 14.8 Å². The van der Waals surface area contributed by atoms with Gasteiger partial charge in [0.15, 0.2) is 24.0 Å². The van der Waals surface area contributed by atoms with Crippen molar-refractivity contribution in [3.63, 3.8) is 0 Å². The first kappa shape index (κ1) is 22.5. The number of hydrogen-bond acceptors (Lipinski definition) is 7. The molecule has 0 aliphatic heterocycles. The van der Waals surface area contributed by atoms with Crippen molar-refractivity contribution in [1.29, 1.82) is 0 Å². The van der Waals surface area contributed by atoms with E-state index >= 15 is 0 Å². The molecule has 9 nitrogen and oxygen atoms in total. The molecule has 2 rings (SSSR count). The van der Waals surface area contributed by atoms with Crippen molar-refractivity contribution in [3.05, 3.63) is 58.1 Å². The fourth-order valence-corrected chi connectivity index (χ4v) is 4.04. The Morgan fingerprint density at radius 3 is 2.31 bits per heavy atom. The molecule has 0 atom stereocenters. The van der Waals surface area contributed by atoms with Crippen LogP contribution >= 0.6 is 11.8 Å². The highest BCUT2D eigenvalue weighted by Crippen LogP contribution is 2.28. The minimum atomic E-state index is -3.91. The van der Waals surface area contributed by atoms with Gasteiger partial charge >= 0.3 is 5.97 Å². The number of benzene rings is 2. The number of hydrogen-bond donors (Lipinski definition) is 2. The van der Waals surface area contributed by atoms with E-state index < -0.39 is 44.9 Å². The average molecular weight is 448 g/mol. The zero-order chi connectivity index (χ0) is 21.6. The van der Waals surface area contributed by atoms with Crippen molar-refractivity contribution in [1.82, 2.24) is 4.72 Å². The van der Waals surface area contributed by atoms with Crippen molar-refractivity contribution in [2.75, 3.05) is 18.9 Å². The topological polar surface area (TPSA) is 136 Å². The number of carboxylic acids is 1. The number of nitro groups is 1. The largest absolute Gasteiger partial charge is 0.479 e. The molecule has 0 bridgehead atoms. The summed E-state index contributed by atoms with van der Waals surface area (Å²) < 4.78 is 58.7. The Morgan fingerprint density at radius 1 is 1.21 bits per heavy atom. The second-order valence-electron chi connectivity index (χ2n) is 5.40. The van der Waals surface area contributed by atoms with Crippen LogP contribution in [0.1, 0.15) is 0 Å². The molecule has 13 heteroatoms. The molecule has 2 aromatic rings. The van der Waals surface area contributed by atoms with Crippen LogP contribution in [-0.4, -0.2) is 43.3 Å². The van der Waals surface area contributed by atoms with Gasteiger partial charge in [0.1, 0.15) is 0 Å². The summed E-state index contributed by atoms with van der Waals surface area (Å²) in [5, 5.41) is 19.1. The van der Waals surface area contributed by atoms with E-state index in [1.807, 2.05) is 0 Å². The second-order valence-corrected chi connectivity index (χ2v) is 8.33. The normalized spacial score (nSPS) is 11.2. The number of aliphatic carboxylic acids is 1. The van der Waals surface area contributed by atoms with Crippen LogP contribution in [0.2, 0.25) is 0 Å². The molecule has 0 fully saturated rings. The van der Waals surface area contributed by atoms with Crippen LogP contribution in [0.25, 0.3) is 0 Å². The number of nitrogens with one attached hydrogen (secondary N) is 1. The molecule has 0 aliphatic rings. The Balaban J connectivity index is 1.92. The summed E-state index contributed by atoms with van der Waals surface area (Å²) in [7, 11) is -3.91. The van der Waals surface area contributed by atoms with Crippen molar-refractivity contribution in [3.8, 4) is 5.75 Å². The van der Waals surface area contributed by atoms with Gasteiger partial charge in [-0.3, -0.25) is 10.1 Å². The molecule has 0 aromatic heterocycles. The number of sulfonamides is 1. The molecule has 2 N–H and O–H groups in total. The molecule has 0 heterocycles. The molecule has 29 heavy (non-hydrogen) atoms. The number of halogens is 2. The number of nitro benzene ring substituents is 1. The van der Waals surface area contributed by atoms with E-state index in [9.17, 15) is 32.1 Å². The number of non-ortho nitro benzene ring substituents is 1. The van der Waals surface area contributed by atoms with Gasteiger partial charge in [-0.1, -0.05) is 0 Å². The highest BCUT2D eigenvalue weighted by Gasteiger charge is 2.17. The third-order valence-electron chi connectivity index (χ3n) is 3.33. The lowest BCUT2D eigenvalue weighted by Crippen LogP contribution is -2.26. The maximum Gasteiger partial charge on any atom is 0.341 e. The van der Waals surface area contributed by atoms with Crippen molar-refractivity contribution in [2.45, 2.75) is 9.79 Å². The summed E-state index contributed by atoms with van der Waals surface area (Å²) in [6.45, 7) is -0.977. The number of nitrogens with zero attached hydrogens (tertiary/aromatic N) is 1. The van der Waals surface area contributed by atoms with E-state index in [0.717, 1.165) is 48.2 Å². The first-order chi connectivity index (χ1) is 13.6. The quantitative estimate of drug-likeness (QED) is 0.245. The molecular weight excluding hydrogens is 434 g/mol. The van der Waals surface area contributed by atoms with Crippen LogP contribution in [0.3, 0.4) is 0 Å². The predicted molar refractivity (Wildman–Crippen MR) is 98.5 cm³/mol. The fraction of sp³-hybridized carbons (Fsp3) is 0.188. The minimum absolute atomic E-state index is 0.0789. The smallest absolute Gasteiger partial charge is 0.341 e. The summed E-state index contributed by atoms with van der Waals surface area (Å²) in [5.74, 6) is -4.24. The third-order valence-corrected chi connectivity index (χ3v) is 5.79. The zero-order valence-electron chi connectivity index (χ0n) is 14.5. The highest BCUT2D eigenvalue weighted by molar-refractivity contribution is 7.99. The van der Waals surface area contributed by atoms with Crippen LogP contribution in [0, 0.1) is 21.7 Å². The van der Waals surface area contributed by atoms with Crippen LogP contribution in [0.4, 0.5) is 14.5 Å². The predicted octanol–water partition coefficient (Wildman–Crippen LogP) is 2.41. The first-order valence-corrected chi connectivity index (χ1v) is 10.3. The van der Waals surface area contributed by atoms with Crippen LogP contribution in [0.5, 0.6) is 5.75 Å². The van der Waals surface area contributed by atoms with Crippen molar-refractivity contribution in [2.24, 2.45) is 0 Å². The molecular formula is C16H14F2N2O7S2. The van der Waals surface area contributed by atoms with Gasteiger partial charge in [-0.2, -0.15) is 0 Å². The van der Waals surface area contributed by atoms with E-state index in [2.05, 4.69) is 9.46 Å². The zero-order valence-corrected chi connectivity index (χ0v) is 16.1. The Kier molecular flexibility index (Phi) is 7.47. The molecule has 0 spiro atoms. The molecule has 0 radical (unpaired) electrons. The lowest BCUT2D eigenvalue weighted by molar-refractivity contribution is -0.384. The summed E-state index contributed by atoms with van der Waals surface area (Å²) >= 11 is 0.956. The summed E-state index contributed by atoms with van der Waals surface area (Å²) in [4.78, 5) is 20.3. The highest BCUT2D eigenvalue weighted by atomic mass is 32.2. The van der Waals surface area contributed by atoms with E-state index in [0.29, 0.717) is 0 Å². The molecule has 0 amide bonds. The number of ether oxygens (including phenoxy) is 1. The van der Waals surface area contributed by atoms with Gasteiger partial charge in [-0.25, -0.2) is 26.7 Å². The summed E-state index contributed by atoms with van der Waals surface area (Å²) in [6, 6.07) is 6.18. The van der Waals surface area contributed by atoms with Gasteiger partial charge in [0.05, 0.1) is 9.82 Å². The van der Waals surface area contributed by atoms with Crippen molar-refractivity contribution >= 4 is 33.4 Å². The first-order valence-electron chi connectivity index (χ1n) is 7.80. The lowest BCUT2D eigenvalue weighted by atomic mass is 10.3.